The van der Waals surface area contributed by atoms with Crippen molar-refractivity contribution in [2.75, 3.05) is 7.05 Å². The largest absolute Gasteiger partial charge is 0.441 e. The predicted molar refractivity (Wildman–Crippen MR) is 66.2 cm³/mol. The molecule has 0 aliphatic heterocycles. The van der Waals surface area contributed by atoms with Crippen molar-refractivity contribution in [3.05, 3.63) is 22.4 Å². The van der Waals surface area contributed by atoms with Gasteiger partial charge in [-0.05, 0) is 22.0 Å². The lowest BCUT2D eigenvalue weighted by Crippen LogP contribution is -2.28. The van der Waals surface area contributed by atoms with Gasteiger partial charge in [0, 0.05) is 24.2 Å². The van der Waals surface area contributed by atoms with Gasteiger partial charge in [0.1, 0.15) is 6.10 Å². The number of nitrogens with one attached hydrogen (secondary N) is 2. The predicted octanol–water partition coefficient (Wildman–Crippen LogP) is 3.22. The number of aromatic nitrogens is 1. The van der Waals surface area contributed by atoms with Crippen LogP contribution in [-0.2, 0) is 4.74 Å². The summed E-state index contributed by atoms with van der Waals surface area (Å²) in [5, 5.41) is 2.46. The van der Waals surface area contributed by atoms with E-state index in [9.17, 15) is 4.79 Å². The number of amides is 1. The molecule has 1 atom stereocenters. The van der Waals surface area contributed by atoms with E-state index >= 15 is 0 Å². The summed E-state index contributed by atoms with van der Waals surface area (Å²) in [6.45, 7) is 6.09. The highest BCUT2D eigenvalue weighted by molar-refractivity contribution is 9.10. The van der Waals surface area contributed by atoms with Gasteiger partial charge in [-0.2, -0.15) is 0 Å². The van der Waals surface area contributed by atoms with Gasteiger partial charge >= 0.3 is 6.09 Å². The number of halogens is 1. The Labute approximate surface area is 104 Å². The van der Waals surface area contributed by atoms with Crippen molar-refractivity contribution in [1.82, 2.24) is 10.3 Å². The zero-order valence-corrected chi connectivity index (χ0v) is 11.5. The Kier molecular flexibility index (Phi) is 4.02. The zero-order chi connectivity index (χ0) is 12.3. The molecular formula is C11H17BrN2O2. The number of alkyl carbamates (subject to hydrolysis) is 1. The van der Waals surface area contributed by atoms with Crippen molar-refractivity contribution in [3.8, 4) is 0 Å². The quantitative estimate of drug-likeness (QED) is 0.878. The molecule has 1 amide bonds. The van der Waals surface area contributed by atoms with Crippen molar-refractivity contribution in [2.24, 2.45) is 5.41 Å². The number of hydrogen-bond acceptors (Lipinski definition) is 2. The lowest BCUT2D eigenvalue weighted by molar-refractivity contribution is 0.0315. The maximum absolute atomic E-state index is 11.3. The van der Waals surface area contributed by atoms with Gasteiger partial charge in [-0.25, -0.2) is 4.79 Å². The number of carbonyl (C=O) groups is 1. The molecule has 1 unspecified atom stereocenters. The highest BCUT2D eigenvalue weighted by Gasteiger charge is 2.30. The summed E-state index contributed by atoms with van der Waals surface area (Å²) >= 11 is 3.34. The minimum atomic E-state index is -0.419. The standard InChI is InChI=1S/C11H17BrN2O2/c1-11(2,3)9(16-10(15)13-4)7-5-8(12)14-6-7/h5-6,9,14H,1-4H3,(H,13,15). The Hall–Kier alpha value is -0.970. The van der Waals surface area contributed by atoms with E-state index in [2.05, 4.69) is 26.2 Å². The maximum atomic E-state index is 11.3. The van der Waals surface area contributed by atoms with E-state index in [1.54, 1.807) is 7.05 Å². The van der Waals surface area contributed by atoms with Gasteiger partial charge in [-0.15, -0.1) is 0 Å². The lowest BCUT2D eigenvalue weighted by Gasteiger charge is -2.29. The molecule has 1 rings (SSSR count). The Morgan fingerprint density at radius 2 is 2.19 bits per heavy atom. The van der Waals surface area contributed by atoms with E-state index in [-0.39, 0.29) is 11.5 Å². The zero-order valence-electron chi connectivity index (χ0n) is 9.93. The molecule has 5 heteroatoms. The minimum absolute atomic E-state index is 0.159. The van der Waals surface area contributed by atoms with Gasteiger partial charge in [0.05, 0.1) is 4.60 Å². The highest BCUT2D eigenvalue weighted by atomic mass is 79.9. The second-order valence-corrected chi connectivity index (χ2v) is 5.54. The van der Waals surface area contributed by atoms with Crippen molar-refractivity contribution in [2.45, 2.75) is 26.9 Å². The number of aromatic amines is 1. The number of hydrogen-bond donors (Lipinski definition) is 2. The molecule has 0 radical (unpaired) electrons. The summed E-state index contributed by atoms with van der Waals surface area (Å²) in [7, 11) is 1.55. The van der Waals surface area contributed by atoms with Crippen LogP contribution < -0.4 is 5.32 Å². The fourth-order valence-electron chi connectivity index (χ4n) is 1.44. The molecule has 0 fully saturated rings. The molecule has 0 bridgehead atoms. The molecule has 0 spiro atoms. The third kappa shape index (κ3) is 3.27. The first kappa shape index (κ1) is 13.1. The van der Waals surface area contributed by atoms with Gasteiger partial charge in [0.15, 0.2) is 0 Å². The molecule has 0 aliphatic carbocycles. The topological polar surface area (TPSA) is 54.1 Å². The van der Waals surface area contributed by atoms with Crippen LogP contribution in [0.3, 0.4) is 0 Å². The Morgan fingerprint density at radius 3 is 2.56 bits per heavy atom. The second kappa shape index (κ2) is 4.91. The van der Waals surface area contributed by atoms with E-state index in [1.807, 2.05) is 33.0 Å². The molecular weight excluding hydrogens is 272 g/mol. The molecule has 1 heterocycles. The molecule has 0 saturated carbocycles. The first-order valence-electron chi connectivity index (χ1n) is 5.06. The summed E-state index contributed by atoms with van der Waals surface area (Å²) in [6.07, 6.45) is 1.13. The van der Waals surface area contributed by atoms with Crippen LogP contribution in [0.5, 0.6) is 0 Å². The first-order chi connectivity index (χ1) is 7.34. The fourth-order valence-corrected chi connectivity index (χ4v) is 1.82. The van der Waals surface area contributed by atoms with E-state index < -0.39 is 6.09 Å². The molecule has 1 aromatic rings. The molecule has 2 N–H and O–H groups in total. The summed E-state index contributed by atoms with van der Waals surface area (Å²) in [5.41, 5.74) is 0.789. The van der Waals surface area contributed by atoms with Crippen molar-refractivity contribution in [1.29, 1.82) is 0 Å². The van der Waals surface area contributed by atoms with Crippen LogP contribution in [0.2, 0.25) is 0 Å². The molecule has 16 heavy (non-hydrogen) atoms. The molecule has 1 aromatic heterocycles. The third-order valence-corrected chi connectivity index (χ3v) is 2.65. The molecule has 0 aliphatic rings. The van der Waals surface area contributed by atoms with E-state index in [1.165, 1.54) is 0 Å². The monoisotopic (exact) mass is 288 g/mol. The lowest BCUT2D eigenvalue weighted by atomic mass is 9.85. The molecule has 4 nitrogen and oxygen atoms in total. The summed E-state index contributed by atoms with van der Waals surface area (Å²) in [6, 6.07) is 1.92. The van der Waals surface area contributed by atoms with E-state index in [4.69, 9.17) is 4.74 Å². The Balaban J connectivity index is 2.92. The number of carbonyl (C=O) groups excluding carboxylic acids is 1. The van der Waals surface area contributed by atoms with Crippen molar-refractivity contribution < 1.29 is 9.53 Å². The van der Waals surface area contributed by atoms with E-state index in [0.29, 0.717) is 0 Å². The summed E-state index contributed by atoms with van der Waals surface area (Å²) in [4.78, 5) is 14.3. The molecule has 90 valence electrons. The van der Waals surface area contributed by atoms with Crippen LogP contribution in [0.4, 0.5) is 4.79 Å². The summed E-state index contributed by atoms with van der Waals surface area (Å²) in [5.74, 6) is 0. The second-order valence-electron chi connectivity index (χ2n) is 4.68. The average molecular weight is 289 g/mol. The van der Waals surface area contributed by atoms with Crippen LogP contribution in [0, 0.1) is 5.41 Å². The maximum Gasteiger partial charge on any atom is 0.407 e. The number of rotatable bonds is 2. The van der Waals surface area contributed by atoms with Crippen LogP contribution in [-0.4, -0.2) is 18.1 Å². The van der Waals surface area contributed by atoms with Crippen molar-refractivity contribution >= 4 is 22.0 Å². The Morgan fingerprint density at radius 1 is 1.56 bits per heavy atom. The van der Waals surface area contributed by atoms with Crippen LogP contribution in [0.1, 0.15) is 32.4 Å². The van der Waals surface area contributed by atoms with Gasteiger partial charge < -0.3 is 15.0 Å². The molecule has 0 saturated heterocycles. The van der Waals surface area contributed by atoms with Gasteiger partial charge in [-0.1, -0.05) is 20.8 Å². The normalized spacial score (nSPS) is 13.3. The fraction of sp³-hybridized carbons (Fsp3) is 0.545. The van der Waals surface area contributed by atoms with Gasteiger partial charge in [0.2, 0.25) is 0 Å². The van der Waals surface area contributed by atoms with Crippen LogP contribution in [0.15, 0.2) is 16.9 Å². The van der Waals surface area contributed by atoms with Gasteiger partial charge in [0.25, 0.3) is 0 Å². The van der Waals surface area contributed by atoms with E-state index in [0.717, 1.165) is 10.2 Å². The highest BCUT2D eigenvalue weighted by Crippen LogP contribution is 2.36. The van der Waals surface area contributed by atoms with Crippen molar-refractivity contribution in [3.63, 3.8) is 0 Å². The minimum Gasteiger partial charge on any atom is -0.441 e. The number of H-pyrrole nitrogens is 1. The number of ether oxygens (including phenoxy) is 1. The molecule has 0 aromatic carbocycles. The SMILES string of the molecule is CNC(=O)OC(c1c[nH]c(Br)c1)C(C)(C)C. The van der Waals surface area contributed by atoms with Crippen LogP contribution in [0.25, 0.3) is 0 Å². The Bertz CT molecular complexity index is 368. The summed E-state index contributed by atoms with van der Waals surface area (Å²) < 4.78 is 6.25. The first-order valence-corrected chi connectivity index (χ1v) is 5.86. The third-order valence-electron chi connectivity index (χ3n) is 2.19. The van der Waals surface area contributed by atoms with Crippen LogP contribution >= 0.6 is 15.9 Å². The smallest absolute Gasteiger partial charge is 0.407 e. The average Bonchev–Trinajstić information content (AvgIpc) is 2.58. The van der Waals surface area contributed by atoms with Gasteiger partial charge in [-0.3, -0.25) is 0 Å².